The summed E-state index contributed by atoms with van der Waals surface area (Å²) in [7, 11) is -2.12. The smallest absolute Gasteiger partial charge is 0.240 e. The summed E-state index contributed by atoms with van der Waals surface area (Å²) in [5, 5.41) is 0. The van der Waals surface area contributed by atoms with Gasteiger partial charge in [0.05, 0.1) is 18.0 Å². The highest BCUT2D eigenvalue weighted by Gasteiger charge is 2.25. The molecule has 0 radical (unpaired) electrons. The summed E-state index contributed by atoms with van der Waals surface area (Å²) in [6.45, 7) is 4.41. The molecule has 0 aliphatic carbocycles. The molecule has 29 heavy (non-hydrogen) atoms. The van der Waals surface area contributed by atoms with Crippen molar-refractivity contribution in [2.24, 2.45) is 0 Å². The van der Waals surface area contributed by atoms with E-state index in [2.05, 4.69) is 4.72 Å². The number of nitrogens with zero attached hydrogens (tertiary/aromatic N) is 1. The van der Waals surface area contributed by atoms with E-state index in [1.807, 2.05) is 6.92 Å². The normalized spacial score (nSPS) is 15.4. The van der Waals surface area contributed by atoms with E-state index in [0.717, 1.165) is 23.4 Å². The third-order valence-electron chi connectivity index (χ3n) is 4.76. The number of carbonyl (C=O) groups excluding carboxylic acids is 1. The lowest BCUT2D eigenvalue weighted by Gasteiger charge is -2.20. The maximum absolute atomic E-state index is 12.7. The Hall–Kier alpha value is -2.58. The molecule has 1 aliphatic heterocycles. The van der Waals surface area contributed by atoms with Crippen LogP contribution in [0.4, 0.5) is 5.69 Å². The van der Waals surface area contributed by atoms with Crippen LogP contribution in [0.5, 0.6) is 11.5 Å². The number of amides is 1. The molecule has 1 fully saturated rings. The molecule has 0 spiro atoms. The van der Waals surface area contributed by atoms with Crippen LogP contribution in [-0.2, 0) is 14.8 Å². The van der Waals surface area contributed by atoms with Gasteiger partial charge < -0.3 is 14.4 Å². The van der Waals surface area contributed by atoms with E-state index in [0.29, 0.717) is 18.7 Å². The van der Waals surface area contributed by atoms with Crippen molar-refractivity contribution in [3.8, 4) is 11.5 Å². The van der Waals surface area contributed by atoms with Crippen molar-refractivity contribution in [2.45, 2.75) is 37.6 Å². The maximum Gasteiger partial charge on any atom is 0.240 e. The fraction of sp³-hybridized carbons (Fsp3) is 0.381. The Morgan fingerprint density at radius 3 is 2.41 bits per heavy atom. The van der Waals surface area contributed by atoms with Gasteiger partial charge in [-0.2, -0.15) is 0 Å². The van der Waals surface area contributed by atoms with Crippen LogP contribution < -0.4 is 19.1 Å². The molecule has 0 unspecified atom stereocenters. The fourth-order valence-corrected chi connectivity index (χ4v) is 4.57. The molecule has 7 nitrogen and oxygen atoms in total. The number of hydrogen-bond donors (Lipinski definition) is 1. The molecule has 1 atom stereocenters. The Balaban J connectivity index is 1.63. The van der Waals surface area contributed by atoms with Gasteiger partial charge in [0.25, 0.3) is 0 Å². The Kier molecular flexibility index (Phi) is 6.44. The van der Waals surface area contributed by atoms with Gasteiger partial charge in [-0.1, -0.05) is 0 Å². The van der Waals surface area contributed by atoms with Crippen molar-refractivity contribution >= 4 is 21.6 Å². The third kappa shape index (κ3) is 5.07. The van der Waals surface area contributed by atoms with Crippen molar-refractivity contribution in [1.82, 2.24) is 4.72 Å². The van der Waals surface area contributed by atoms with Crippen LogP contribution in [0.15, 0.2) is 47.4 Å². The molecule has 2 aromatic carbocycles. The van der Waals surface area contributed by atoms with Crippen LogP contribution in [-0.4, -0.2) is 40.6 Å². The Labute approximate surface area is 171 Å². The van der Waals surface area contributed by atoms with Crippen molar-refractivity contribution in [1.29, 1.82) is 0 Å². The van der Waals surface area contributed by atoms with Gasteiger partial charge >= 0.3 is 0 Å². The number of ether oxygens (including phenoxy) is 2. The minimum Gasteiger partial charge on any atom is -0.497 e. The average Bonchev–Trinajstić information content (AvgIpc) is 3.12. The average molecular weight is 419 g/mol. The molecule has 1 heterocycles. The number of hydrogen-bond acceptors (Lipinski definition) is 5. The SMILES string of the molecule is COc1ccc(OC[C@@H](C)NS(=O)(=O)c2ccc(N3CCCC3=O)c(C)c2)cc1. The Bertz CT molecular complexity index is 973. The van der Waals surface area contributed by atoms with Gasteiger partial charge in [-0.25, -0.2) is 13.1 Å². The summed E-state index contributed by atoms with van der Waals surface area (Å²) in [5.74, 6) is 1.43. The minimum atomic E-state index is -3.70. The van der Waals surface area contributed by atoms with Gasteiger partial charge in [-0.05, 0) is 68.3 Å². The van der Waals surface area contributed by atoms with Crippen molar-refractivity contribution in [3.63, 3.8) is 0 Å². The molecular formula is C21H26N2O5S. The summed E-state index contributed by atoms with van der Waals surface area (Å²) in [6, 6.07) is 11.5. The topological polar surface area (TPSA) is 84.9 Å². The number of nitrogens with one attached hydrogen (secondary N) is 1. The van der Waals surface area contributed by atoms with Gasteiger partial charge in [-0.15, -0.1) is 0 Å². The highest BCUT2D eigenvalue weighted by atomic mass is 32.2. The predicted molar refractivity (Wildman–Crippen MR) is 111 cm³/mol. The van der Waals surface area contributed by atoms with E-state index >= 15 is 0 Å². The fourth-order valence-electron chi connectivity index (χ4n) is 3.26. The highest BCUT2D eigenvalue weighted by Crippen LogP contribution is 2.27. The zero-order valence-corrected chi connectivity index (χ0v) is 17.7. The molecule has 1 amide bonds. The van der Waals surface area contributed by atoms with E-state index in [4.69, 9.17) is 9.47 Å². The van der Waals surface area contributed by atoms with E-state index in [-0.39, 0.29) is 17.4 Å². The molecule has 0 bridgehead atoms. The highest BCUT2D eigenvalue weighted by molar-refractivity contribution is 7.89. The quantitative estimate of drug-likeness (QED) is 0.713. The lowest BCUT2D eigenvalue weighted by atomic mass is 10.2. The number of rotatable bonds is 8. The summed E-state index contributed by atoms with van der Waals surface area (Å²) >= 11 is 0. The monoisotopic (exact) mass is 418 g/mol. The summed E-state index contributed by atoms with van der Waals surface area (Å²) in [4.78, 5) is 13.8. The lowest BCUT2D eigenvalue weighted by Crippen LogP contribution is -2.36. The summed E-state index contributed by atoms with van der Waals surface area (Å²) in [5.41, 5.74) is 1.52. The van der Waals surface area contributed by atoms with Crippen LogP contribution in [0, 0.1) is 6.92 Å². The molecule has 1 N–H and O–H groups in total. The van der Waals surface area contributed by atoms with Crippen molar-refractivity contribution in [3.05, 3.63) is 48.0 Å². The summed E-state index contributed by atoms with van der Waals surface area (Å²) in [6.07, 6.45) is 1.36. The largest absolute Gasteiger partial charge is 0.497 e. The molecular weight excluding hydrogens is 392 g/mol. The first kappa shape index (κ1) is 21.1. The number of anilines is 1. The van der Waals surface area contributed by atoms with Gasteiger partial charge in [0.15, 0.2) is 0 Å². The number of benzene rings is 2. The molecule has 2 aromatic rings. The second kappa shape index (κ2) is 8.84. The molecule has 1 saturated heterocycles. The van der Waals surface area contributed by atoms with Gasteiger partial charge in [0.1, 0.15) is 18.1 Å². The molecule has 0 saturated carbocycles. The van der Waals surface area contributed by atoms with Crippen molar-refractivity contribution < 1.29 is 22.7 Å². The Morgan fingerprint density at radius 1 is 1.14 bits per heavy atom. The number of methoxy groups -OCH3 is 1. The first-order valence-electron chi connectivity index (χ1n) is 9.50. The number of aryl methyl sites for hydroxylation is 1. The van der Waals surface area contributed by atoms with E-state index < -0.39 is 16.1 Å². The second-order valence-electron chi connectivity index (χ2n) is 7.11. The predicted octanol–water partition coefficient (Wildman–Crippen LogP) is 2.88. The van der Waals surface area contributed by atoms with Crippen LogP contribution in [0.2, 0.25) is 0 Å². The van der Waals surface area contributed by atoms with Crippen molar-refractivity contribution in [2.75, 3.05) is 25.2 Å². The minimum absolute atomic E-state index is 0.0751. The molecule has 1 aliphatic rings. The zero-order valence-electron chi connectivity index (χ0n) is 16.8. The maximum atomic E-state index is 12.7. The Morgan fingerprint density at radius 2 is 1.83 bits per heavy atom. The van der Waals surface area contributed by atoms with Crippen LogP contribution in [0.3, 0.4) is 0 Å². The van der Waals surface area contributed by atoms with Gasteiger partial charge in [0, 0.05) is 18.7 Å². The standard InChI is InChI=1S/C21H26N2O5S/c1-15-13-19(10-11-20(15)23-12-4-5-21(23)24)29(25,26)22-16(2)14-28-18-8-6-17(27-3)7-9-18/h6-11,13,16,22H,4-5,12,14H2,1-3H3/t16-/m1/s1. The van der Waals surface area contributed by atoms with E-state index in [1.54, 1.807) is 55.3 Å². The molecule has 3 rings (SSSR count). The molecule has 0 aromatic heterocycles. The number of sulfonamides is 1. The first-order valence-corrected chi connectivity index (χ1v) is 11.0. The van der Waals surface area contributed by atoms with Gasteiger partial charge in [0.2, 0.25) is 15.9 Å². The molecule has 156 valence electrons. The summed E-state index contributed by atoms with van der Waals surface area (Å²) < 4.78 is 38.8. The third-order valence-corrected chi connectivity index (χ3v) is 6.35. The van der Waals surface area contributed by atoms with Crippen LogP contribution >= 0.6 is 0 Å². The van der Waals surface area contributed by atoms with Crippen LogP contribution in [0.1, 0.15) is 25.3 Å². The van der Waals surface area contributed by atoms with E-state index in [1.165, 1.54) is 6.07 Å². The number of carbonyl (C=O) groups is 1. The van der Waals surface area contributed by atoms with Crippen LogP contribution in [0.25, 0.3) is 0 Å². The first-order chi connectivity index (χ1) is 13.8. The van der Waals surface area contributed by atoms with Gasteiger partial charge in [-0.3, -0.25) is 4.79 Å². The second-order valence-corrected chi connectivity index (χ2v) is 8.82. The zero-order chi connectivity index (χ0) is 21.0. The van der Waals surface area contributed by atoms with E-state index in [9.17, 15) is 13.2 Å². The molecule has 8 heteroatoms. The lowest BCUT2D eigenvalue weighted by molar-refractivity contribution is -0.117.